The summed E-state index contributed by atoms with van der Waals surface area (Å²) in [7, 11) is -9.91. The summed E-state index contributed by atoms with van der Waals surface area (Å²) in [5.74, 6) is -0.591. The number of esters is 4. The topological polar surface area (TPSA) is 237 Å². The number of aliphatic hydroxyl groups excluding tert-OH is 1. The second-order valence-corrected chi connectivity index (χ2v) is 31.0. The van der Waals surface area contributed by atoms with Crippen molar-refractivity contribution in [1.82, 2.24) is 0 Å². The van der Waals surface area contributed by atoms with E-state index in [9.17, 15) is 43.2 Å². The summed E-state index contributed by atoms with van der Waals surface area (Å²) in [6.45, 7) is 9.56. The third kappa shape index (κ3) is 69.0. The van der Waals surface area contributed by atoms with Crippen LogP contribution in [0.4, 0.5) is 0 Å². The monoisotopic (exact) mass is 1400 g/mol. The standard InChI is InChI=1S/C76H148O17P2/c1-7-10-12-14-16-18-19-20-21-22-23-24-25-26-27-28-29-35-42-48-54-60-75(80)92-71(65-87-74(79)59-53-47-41-34-31-30-33-38-44-50-56-68(4)5)66-90-94(82,83)88-62-70(77)63-89-95(84,85)91-67-72(64-86-73(78)58-52-46-40-32-17-15-13-11-8-2)93-76(81)61-55-49-43-37-36-39-45-51-57-69(6)9-3/h68-72,77H,7-67H2,1-6H3,(H,82,83)(H,84,85)/t69?,70-,71-,72-/m1/s1. The van der Waals surface area contributed by atoms with Crippen LogP contribution in [0.2, 0.25) is 0 Å². The molecule has 0 aromatic rings. The van der Waals surface area contributed by atoms with Crippen molar-refractivity contribution >= 4 is 39.5 Å². The molecule has 0 amide bonds. The van der Waals surface area contributed by atoms with Gasteiger partial charge in [0, 0.05) is 25.7 Å². The SMILES string of the molecule is CCCCCCCCCCCCCCCCCCCCCCCC(=O)O[C@H](COC(=O)CCCCCCCCCCCCC(C)C)COP(=O)(O)OC[C@@H](O)COP(=O)(O)OC[C@@H](COC(=O)CCCCCCCCCCC)OC(=O)CCCCCCCCCCC(C)CC. The molecule has 0 rings (SSSR count). The molecular weight excluding hydrogens is 1250 g/mol. The van der Waals surface area contributed by atoms with Crippen molar-refractivity contribution in [2.45, 2.75) is 413 Å². The highest BCUT2D eigenvalue weighted by Gasteiger charge is 2.30. The van der Waals surface area contributed by atoms with Gasteiger partial charge in [0.1, 0.15) is 19.3 Å². The molecule has 17 nitrogen and oxygen atoms in total. The number of hydrogen-bond donors (Lipinski definition) is 3. The Labute approximate surface area is 581 Å². The van der Waals surface area contributed by atoms with Crippen molar-refractivity contribution < 1.29 is 80.2 Å². The van der Waals surface area contributed by atoms with E-state index in [2.05, 4.69) is 41.5 Å². The van der Waals surface area contributed by atoms with Crippen molar-refractivity contribution in [3.8, 4) is 0 Å². The fraction of sp³-hybridized carbons (Fsp3) is 0.947. The summed E-state index contributed by atoms with van der Waals surface area (Å²) in [5, 5.41) is 10.6. The van der Waals surface area contributed by atoms with E-state index in [0.717, 1.165) is 102 Å². The molecule has 0 aromatic carbocycles. The number of phosphoric ester groups is 2. The lowest BCUT2D eigenvalue weighted by Crippen LogP contribution is -2.30. The maximum absolute atomic E-state index is 13.1. The van der Waals surface area contributed by atoms with Crippen LogP contribution in [0, 0.1) is 11.8 Å². The molecule has 3 unspecified atom stereocenters. The Morgan fingerprint density at radius 3 is 0.800 bits per heavy atom. The van der Waals surface area contributed by atoms with E-state index in [-0.39, 0.29) is 25.7 Å². The third-order valence-electron chi connectivity index (χ3n) is 18.1. The van der Waals surface area contributed by atoms with Gasteiger partial charge in [-0.05, 0) is 37.5 Å². The normalized spacial score (nSPS) is 14.3. The lowest BCUT2D eigenvalue weighted by atomic mass is 9.99. The predicted molar refractivity (Wildman–Crippen MR) is 386 cm³/mol. The zero-order valence-corrected chi connectivity index (χ0v) is 63.8. The number of ether oxygens (including phenoxy) is 4. The maximum atomic E-state index is 13.1. The molecule has 0 bridgehead atoms. The molecule has 95 heavy (non-hydrogen) atoms. The van der Waals surface area contributed by atoms with Crippen molar-refractivity contribution in [3.05, 3.63) is 0 Å². The van der Waals surface area contributed by atoms with Crippen molar-refractivity contribution in [2.24, 2.45) is 11.8 Å². The Kier molecular flexibility index (Phi) is 66.5. The highest BCUT2D eigenvalue weighted by molar-refractivity contribution is 7.47. The molecule has 0 saturated carbocycles. The summed E-state index contributed by atoms with van der Waals surface area (Å²) in [6, 6.07) is 0. The third-order valence-corrected chi connectivity index (χ3v) is 20.0. The number of carbonyl (C=O) groups excluding carboxylic acids is 4. The summed E-state index contributed by atoms with van der Waals surface area (Å²) in [4.78, 5) is 72.7. The van der Waals surface area contributed by atoms with E-state index in [1.165, 1.54) is 212 Å². The summed E-state index contributed by atoms with van der Waals surface area (Å²) in [5.41, 5.74) is 0. The molecule has 0 aliphatic rings. The first-order chi connectivity index (χ1) is 45.9. The van der Waals surface area contributed by atoms with E-state index in [1.807, 2.05) is 0 Å². The van der Waals surface area contributed by atoms with Crippen LogP contribution in [0.15, 0.2) is 0 Å². The molecule has 0 saturated heterocycles. The molecule has 0 aliphatic heterocycles. The average Bonchev–Trinajstić information content (AvgIpc) is 2.37. The van der Waals surface area contributed by atoms with Gasteiger partial charge in [0.15, 0.2) is 12.2 Å². The van der Waals surface area contributed by atoms with E-state index < -0.39 is 97.5 Å². The van der Waals surface area contributed by atoms with Crippen LogP contribution in [0.25, 0.3) is 0 Å². The van der Waals surface area contributed by atoms with E-state index in [4.69, 9.17) is 37.0 Å². The molecule has 564 valence electrons. The number of phosphoric acid groups is 2. The minimum atomic E-state index is -4.96. The van der Waals surface area contributed by atoms with Gasteiger partial charge in [-0.1, -0.05) is 343 Å². The number of rotatable bonds is 75. The maximum Gasteiger partial charge on any atom is 0.472 e. The Hall–Kier alpha value is -1.94. The molecule has 0 aliphatic carbocycles. The summed E-state index contributed by atoms with van der Waals surface area (Å²) >= 11 is 0. The highest BCUT2D eigenvalue weighted by atomic mass is 31.2. The molecular formula is C76H148O17P2. The Bertz CT molecular complexity index is 1840. The zero-order valence-electron chi connectivity index (χ0n) is 62.0. The fourth-order valence-electron chi connectivity index (χ4n) is 11.6. The van der Waals surface area contributed by atoms with Crippen molar-refractivity contribution in [3.63, 3.8) is 0 Å². The molecule has 0 heterocycles. The molecule has 6 atom stereocenters. The minimum Gasteiger partial charge on any atom is -0.462 e. The van der Waals surface area contributed by atoms with Crippen LogP contribution < -0.4 is 0 Å². The van der Waals surface area contributed by atoms with Gasteiger partial charge in [0.2, 0.25) is 0 Å². The lowest BCUT2D eigenvalue weighted by Gasteiger charge is -2.21. The fourth-order valence-corrected chi connectivity index (χ4v) is 13.2. The molecule has 0 fully saturated rings. The van der Waals surface area contributed by atoms with E-state index in [0.29, 0.717) is 25.7 Å². The summed E-state index contributed by atoms with van der Waals surface area (Å²) < 4.78 is 68.5. The Balaban J connectivity index is 5.19. The number of unbranched alkanes of at least 4 members (excludes halogenated alkanes) is 44. The van der Waals surface area contributed by atoms with Crippen LogP contribution in [-0.2, 0) is 65.4 Å². The molecule has 19 heteroatoms. The van der Waals surface area contributed by atoms with Gasteiger partial charge < -0.3 is 33.8 Å². The average molecular weight is 1400 g/mol. The largest absolute Gasteiger partial charge is 0.472 e. The lowest BCUT2D eigenvalue weighted by molar-refractivity contribution is -0.161. The van der Waals surface area contributed by atoms with Gasteiger partial charge >= 0.3 is 39.5 Å². The number of aliphatic hydroxyl groups is 1. The second-order valence-electron chi connectivity index (χ2n) is 28.1. The van der Waals surface area contributed by atoms with Gasteiger partial charge in [-0.3, -0.25) is 37.3 Å². The first-order valence-corrected chi connectivity index (χ1v) is 42.5. The van der Waals surface area contributed by atoms with Crippen molar-refractivity contribution in [2.75, 3.05) is 39.6 Å². The van der Waals surface area contributed by atoms with Crippen LogP contribution >= 0.6 is 15.6 Å². The van der Waals surface area contributed by atoms with Crippen LogP contribution in [-0.4, -0.2) is 96.7 Å². The van der Waals surface area contributed by atoms with Crippen LogP contribution in [0.1, 0.15) is 395 Å². The second kappa shape index (κ2) is 67.9. The van der Waals surface area contributed by atoms with E-state index in [1.54, 1.807) is 0 Å². The number of carbonyl (C=O) groups is 4. The smallest absolute Gasteiger partial charge is 0.462 e. The quantitative estimate of drug-likeness (QED) is 0.0222. The highest BCUT2D eigenvalue weighted by Crippen LogP contribution is 2.45. The van der Waals surface area contributed by atoms with Gasteiger partial charge in [-0.25, -0.2) is 9.13 Å². The Morgan fingerprint density at radius 1 is 0.305 bits per heavy atom. The zero-order chi connectivity index (χ0) is 70.0. The van der Waals surface area contributed by atoms with E-state index >= 15 is 0 Å². The molecule has 3 N–H and O–H groups in total. The molecule has 0 spiro atoms. The predicted octanol–water partition coefficient (Wildman–Crippen LogP) is 22.3. The summed E-state index contributed by atoms with van der Waals surface area (Å²) in [6.07, 6.45) is 55.6. The molecule has 0 aromatic heterocycles. The van der Waals surface area contributed by atoms with Gasteiger partial charge in [-0.2, -0.15) is 0 Å². The van der Waals surface area contributed by atoms with Gasteiger partial charge in [0.25, 0.3) is 0 Å². The Morgan fingerprint density at radius 2 is 0.537 bits per heavy atom. The van der Waals surface area contributed by atoms with Crippen LogP contribution in [0.5, 0.6) is 0 Å². The minimum absolute atomic E-state index is 0.105. The number of hydrogen-bond acceptors (Lipinski definition) is 15. The first kappa shape index (κ1) is 93.1. The molecule has 0 radical (unpaired) electrons. The van der Waals surface area contributed by atoms with Gasteiger partial charge in [0.05, 0.1) is 26.4 Å². The first-order valence-electron chi connectivity index (χ1n) is 39.5. The van der Waals surface area contributed by atoms with Crippen LogP contribution in [0.3, 0.4) is 0 Å². The van der Waals surface area contributed by atoms with Gasteiger partial charge in [-0.15, -0.1) is 0 Å². The van der Waals surface area contributed by atoms with Crippen molar-refractivity contribution in [1.29, 1.82) is 0 Å².